The molecule has 0 spiro atoms. The highest BCUT2D eigenvalue weighted by Crippen LogP contribution is 2.04. The van der Waals surface area contributed by atoms with Crippen LogP contribution in [0, 0.1) is 0 Å². The molecular formula is C14H23N3O3. The molecule has 2 rings (SSSR count). The number of carbonyl (C=O) groups excluding carboxylic acids is 1. The molecule has 2 unspecified atom stereocenters. The number of furan rings is 1. The Kier molecular flexibility index (Phi) is 5.58. The number of nitrogens with zero attached hydrogens (tertiary/aromatic N) is 1. The summed E-state index contributed by atoms with van der Waals surface area (Å²) in [6, 6.07) is 3.45. The second kappa shape index (κ2) is 7.42. The molecule has 1 saturated heterocycles. The largest absolute Gasteiger partial charge is 0.467 e. The number of likely N-dealkylation sites (N-methyl/N-ethyl adjacent to an activating group) is 1. The third-order valence-corrected chi connectivity index (χ3v) is 3.55. The van der Waals surface area contributed by atoms with Crippen molar-refractivity contribution in [3.8, 4) is 0 Å². The van der Waals surface area contributed by atoms with Gasteiger partial charge in [-0.2, -0.15) is 0 Å². The van der Waals surface area contributed by atoms with Crippen LogP contribution < -0.4 is 10.6 Å². The van der Waals surface area contributed by atoms with Crippen LogP contribution in [0.2, 0.25) is 0 Å². The highest BCUT2D eigenvalue weighted by molar-refractivity contribution is 5.81. The van der Waals surface area contributed by atoms with E-state index >= 15 is 0 Å². The minimum Gasteiger partial charge on any atom is -0.467 e. The molecule has 2 atom stereocenters. The summed E-state index contributed by atoms with van der Waals surface area (Å²) in [5.74, 6) is 0.751. The lowest BCUT2D eigenvalue weighted by atomic mass is 10.2. The van der Waals surface area contributed by atoms with Gasteiger partial charge in [0.2, 0.25) is 5.91 Å². The van der Waals surface area contributed by atoms with Crippen LogP contribution in [0.4, 0.5) is 0 Å². The molecule has 1 fully saturated rings. The molecule has 2 N–H and O–H groups in total. The Balaban J connectivity index is 1.73. The molecule has 1 aromatic rings. The van der Waals surface area contributed by atoms with E-state index in [-0.39, 0.29) is 18.1 Å². The molecule has 1 aromatic heterocycles. The van der Waals surface area contributed by atoms with Gasteiger partial charge in [-0.1, -0.05) is 0 Å². The average molecular weight is 281 g/mol. The zero-order chi connectivity index (χ0) is 14.4. The molecule has 0 aliphatic carbocycles. The quantitative estimate of drug-likeness (QED) is 0.780. The predicted molar refractivity (Wildman–Crippen MR) is 75.3 cm³/mol. The molecule has 6 heteroatoms. The molecule has 20 heavy (non-hydrogen) atoms. The van der Waals surface area contributed by atoms with Crippen molar-refractivity contribution in [1.29, 1.82) is 0 Å². The van der Waals surface area contributed by atoms with Crippen molar-refractivity contribution >= 4 is 5.91 Å². The first kappa shape index (κ1) is 15.0. The molecule has 2 heterocycles. The van der Waals surface area contributed by atoms with Gasteiger partial charge in [-0.3, -0.25) is 9.69 Å². The summed E-state index contributed by atoms with van der Waals surface area (Å²) in [6.07, 6.45) is 1.75. The number of hydrogen-bond acceptors (Lipinski definition) is 5. The highest BCUT2D eigenvalue weighted by atomic mass is 16.5. The first-order valence-corrected chi connectivity index (χ1v) is 6.99. The first-order chi connectivity index (χ1) is 9.66. The average Bonchev–Trinajstić information content (AvgIpc) is 2.98. The summed E-state index contributed by atoms with van der Waals surface area (Å²) >= 11 is 0. The lowest BCUT2D eigenvalue weighted by molar-refractivity contribution is -0.126. The van der Waals surface area contributed by atoms with Crippen LogP contribution in [0.3, 0.4) is 0 Å². The van der Waals surface area contributed by atoms with Crippen LogP contribution in [0.25, 0.3) is 0 Å². The van der Waals surface area contributed by atoms with E-state index in [1.54, 1.807) is 6.26 Å². The Morgan fingerprint density at radius 3 is 3.15 bits per heavy atom. The van der Waals surface area contributed by atoms with Gasteiger partial charge in [-0.05, 0) is 26.1 Å². The molecule has 1 aliphatic heterocycles. The summed E-state index contributed by atoms with van der Waals surface area (Å²) in [7, 11) is 1.94. The Bertz CT molecular complexity index is 402. The van der Waals surface area contributed by atoms with Crippen LogP contribution in [-0.4, -0.2) is 56.2 Å². The Labute approximate surface area is 119 Å². The van der Waals surface area contributed by atoms with E-state index < -0.39 is 0 Å². The Morgan fingerprint density at radius 1 is 1.65 bits per heavy atom. The molecule has 1 aliphatic rings. The van der Waals surface area contributed by atoms with Crippen molar-refractivity contribution in [2.45, 2.75) is 25.6 Å². The van der Waals surface area contributed by atoms with E-state index in [0.717, 1.165) is 32.0 Å². The number of carbonyl (C=O) groups is 1. The van der Waals surface area contributed by atoms with E-state index in [1.165, 1.54) is 0 Å². The van der Waals surface area contributed by atoms with Crippen LogP contribution in [0.1, 0.15) is 12.7 Å². The second-order valence-corrected chi connectivity index (χ2v) is 5.11. The minimum atomic E-state index is -0.199. The number of amides is 1. The minimum absolute atomic E-state index is 0.00679. The van der Waals surface area contributed by atoms with E-state index in [9.17, 15) is 4.79 Å². The standard InChI is InChI=1S/C14H23N3O3/c1-11(14(18)16-9-12-4-3-6-19-12)17(2)10-13-8-15-5-7-20-13/h3-4,6,11,13,15H,5,7-10H2,1-2H3,(H,16,18). The molecule has 0 aromatic carbocycles. The predicted octanol–water partition coefficient (Wildman–Crippen LogP) is 0.205. The van der Waals surface area contributed by atoms with Gasteiger partial charge < -0.3 is 19.8 Å². The van der Waals surface area contributed by atoms with Gasteiger partial charge in [0.1, 0.15) is 5.76 Å². The van der Waals surface area contributed by atoms with Crippen molar-refractivity contribution in [1.82, 2.24) is 15.5 Å². The fourth-order valence-electron chi connectivity index (χ4n) is 2.15. The number of morpholine rings is 1. The molecular weight excluding hydrogens is 258 g/mol. The van der Waals surface area contributed by atoms with Crippen molar-refractivity contribution in [2.75, 3.05) is 33.3 Å². The fourth-order valence-corrected chi connectivity index (χ4v) is 2.15. The van der Waals surface area contributed by atoms with Crippen LogP contribution >= 0.6 is 0 Å². The summed E-state index contributed by atoms with van der Waals surface area (Å²) < 4.78 is 10.8. The van der Waals surface area contributed by atoms with E-state index in [4.69, 9.17) is 9.15 Å². The molecule has 0 saturated carbocycles. The molecule has 0 bridgehead atoms. The van der Waals surface area contributed by atoms with E-state index in [1.807, 2.05) is 31.0 Å². The van der Waals surface area contributed by atoms with Crippen LogP contribution in [-0.2, 0) is 16.1 Å². The number of ether oxygens (including phenoxy) is 1. The second-order valence-electron chi connectivity index (χ2n) is 5.11. The van der Waals surface area contributed by atoms with Gasteiger partial charge in [0.05, 0.1) is 31.6 Å². The molecule has 112 valence electrons. The lowest BCUT2D eigenvalue weighted by Crippen LogP contribution is -2.49. The Hall–Kier alpha value is -1.37. The van der Waals surface area contributed by atoms with Crippen molar-refractivity contribution in [3.05, 3.63) is 24.2 Å². The lowest BCUT2D eigenvalue weighted by Gasteiger charge is -2.30. The maximum absolute atomic E-state index is 12.1. The van der Waals surface area contributed by atoms with Gasteiger partial charge in [-0.15, -0.1) is 0 Å². The zero-order valence-electron chi connectivity index (χ0n) is 12.1. The Morgan fingerprint density at radius 2 is 2.50 bits per heavy atom. The van der Waals surface area contributed by atoms with Crippen molar-refractivity contribution < 1.29 is 13.9 Å². The van der Waals surface area contributed by atoms with Crippen LogP contribution in [0.5, 0.6) is 0 Å². The monoisotopic (exact) mass is 281 g/mol. The van der Waals surface area contributed by atoms with Crippen LogP contribution in [0.15, 0.2) is 22.8 Å². The highest BCUT2D eigenvalue weighted by Gasteiger charge is 2.22. The van der Waals surface area contributed by atoms with Crippen molar-refractivity contribution in [3.63, 3.8) is 0 Å². The SMILES string of the molecule is CC(C(=O)NCc1ccco1)N(C)CC1CNCCO1. The maximum Gasteiger partial charge on any atom is 0.237 e. The molecule has 0 radical (unpaired) electrons. The van der Waals surface area contributed by atoms with Gasteiger partial charge in [0.25, 0.3) is 0 Å². The first-order valence-electron chi connectivity index (χ1n) is 6.99. The number of hydrogen-bond donors (Lipinski definition) is 2. The number of rotatable bonds is 6. The topological polar surface area (TPSA) is 66.7 Å². The van der Waals surface area contributed by atoms with Crippen molar-refractivity contribution in [2.24, 2.45) is 0 Å². The van der Waals surface area contributed by atoms with E-state index in [2.05, 4.69) is 10.6 Å². The number of nitrogens with one attached hydrogen (secondary N) is 2. The summed E-state index contributed by atoms with van der Waals surface area (Å²) in [6.45, 7) is 5.53. The van der Waals surface area contributed by atoms with E-state index in [0.29, 0.717) is 6.54 Å². The van der Waals surface area contributed by atoms with Gasteiger partial charge in [0, 0.05) is 19.6 Å². The zero-order valence-corrected chi connectivity index (χ0v) is 12.1. The van der Waals surface area contributed by atoms with Gasteiger partial charge in [-0.25, -0.2) is 0 Å². The third kappa shape index (κ3) is 4.33. The smallest absolute Gasteiger partial charge is 0.237 e. The summed E-state index contributed by atoms with van der Waals surface area (Å²) in [5, 5.41) is 6.16. The fraction of sp³-hybridized carbons (Fsp3) is 0.643. The maximum atomic E-state index is 12.1. The van der Waals surface area contributed by atoms with Gasteiger partial charge >= 0.3 is 0 Å². The molecule has 1 amide bonds. The third-order valence-electron chi connectivity index (χ3n) is 3.55. The molecule has 6 nitrogen and oxygen atoms in total. The van der Waals surface area contributed by atoms with Gasteiger partial charge in [0.15, 0.2) is 0 Å². The summed E-state index contributed by atoms with van der Waals surface area (Å²) in [4.78, 5) is 14.1. The summed E-state index contributed by atoms with van der Waals surface area (Å²) in [5.41, 5.74) is 0. The normalized spacial score (nSPS) is 20.9.